The molecular formula is C8H10N2O8. The number of hydrogen-bond donors (Lipinski definition) is 5. The molecule has 2 atom stereocenters. The Balaban J connectivity index is 5.73. The van der Waals surface area contributed by atoms with E-state index in [4.69, 9.17) is 21.7 Å². The van der Waals surface area contributed by atoms with Gasteiger partial charge in [-0.3, -0.25) is 19.2 Å². The van der Waals surface area contributed by atoms with E-state index in [1.54, 1.807) is 0 Å². The Morgan fingerprint density at radius 1 is 1.06 bits per heavy atom. The number of hydrogen-bond acceptors (Lipinski definition) is 6. The number of aliphatic hydroxyl groups is 1. The number of ketones is 1. The lowest BCUT2D eigenvalue weighted by atomic mass is 9.80. The standard InChI is InChI=1S/C8H10N2O8/c9-5(14)3(4(13)6(15)16)8(18,7(10)17)1-2(11)12/h3,18H,1H2,(H2,9,14)(H2,10,17)(H,11,12)(H,15,16). The molecule has 2 unspecified atom stereocenters. The normalized spacial score (nSPS) is 15.2. The monoisotopic (exact) mass is 262 g/mol. The highest BCUT2D eigenvalue weighted by atomic mass is 16.4. The molecule has 0 aliphatic rings. The Morgan fingerprint density at radius 3 is 1.72 bits per heavy atom. The zero-order valence-corrected chi connectivity index (χ0v) is 8.82. The number of carbonyl (C=O) groups is 5. The summed E-state index contributed by atoms with van der Waals surface area (Å²) in [5.74, 6) is -11.9. The van der Waals surface area contributed by atoms with Gasteiger partial charge in [-0.25, -0.2) is 4.79 Å². The van der Waals surface area contributed by atoms with Crippen molar-refractivity contribution in [2.45, 2.75) is 12.0 Å². The Kier molecular flexibility index (Phi) is 4.50. The summed E-state index contributed by atoms with van der Waals surface area (Å²) in [7, 11) is 0. The van der Waals surface area contributed by atoms with E-state index in [1.165, 1.54) is 0 Å². The molecule has 0 aromatic rings. The minimum Gasteiger partial charge on any atom is -0.481 e. The second-order valence-corrected chi connectivity index (χ2v) is 3.36. The van der Waals surface area contributed by atoms with E-state index in [9.17, 15) is 29.1 Å². The van der Waals surface area contributed by atoms with E-state index >= 15 is 0 Å². The van der Waals surface area contributed by atoms with Crippen LogP contribution in [-0.2, 0) is 24.0 Å². The van der Waals surface area contributed by atoms with Gasteiger partial charge in [-0.05, 0) is 0 Å². The maximum absolute atomic E-state index is 11.2. The number of nitrogens with two attached hydrogens (primary N) is 2. The van der Waals surface area contributed by atoms with Gasteiger partial charge in [0.2, 0.25) is 5.91 Å². The van der Waals surface area contributed by atoms with Gasteiger partial charge in [0, 0.05) is 0 Å². The fraction of sp³-hybridized carbons (Fsp3) is 0.375. The molecular weight excluding hydrogens is 252 g/mol. The van der Waals surface area contributed by atoms with E-state index in [1.807, 2.05) is 0 Å². The average Bonchev–Trinajstić information content (AvgIpc) is 2.14. The third kappa shape index (κ3) is 3.01. The molecule has 10 nitrogen and oxygen atoms in total. The molecule has 0 fully saturated rings. The number of rotatable bonds is 7. The first-order valence-corrected chi connectivity index (χ1v) is 4.34. The van der Waals surface area contributed by atoms with Crippen molar-refractivity contribution in [1.29, 1.82) is 0 Å². The van der Waals surface area contributed by atoms with E-state index < -0.39 is 47.5 Å². The largest absolute Gasteiger partial charge is 0.481 e. The van der Waals surface area contributed by atoms with Crippen molar-refractivity contribution in [1.82, 2.24) is 0 Å². The van der Waals surface area contributed by atoms with Crippen molar-refractivity contribution in [2.75, 3.05) is 0 Å². The van der Waals surface area contributed by atoms with Gasteiger partial charge in [-0.1, -0.05) is 0 Å². The molecule has 0 spiro atoms. The highest BCUT2D eigenvalue weighted by molar-refractivity contribution is 6.38. The first-order valence-electron chi connectivity index (χ1n) is 4.34. The van der Waals surface area contributed by atoms with E-state index in [-0.39, 0.29) is 0 Å². The minimum absolute atomic E-state index is 1.44. The van der Waals surface area contributed by atoms with Crippen LogP contribution in [0.2, 0.25) is 0 Å². The molecule has 2 amide bonds. The van der Waals surface area contributed by atoms with Crippen molar-refractivity contribution in [2.24, 2.45) is 17.4 Å². The molecule has 7 N–H and O–H groups in total. The Bertz CT molecular complexity index is 431. The van der Waals surface area contributed by atoms with Crippen molar-refractivity contribution < 1.29 is 39.3 Å². The van der Waals surface area contributed by atoms with Gasteiger partial charge in [-0.2, -0.15) is 0 Å². The maximum Gasteiger partial charge on any atom is 0.373 e. The van der Waals surface area contributed by atoms with Gasteiger partial charge in [0.1, 0.15) is 5.92 Å². The van der Waals surface area contributed by atoms with Crippen LogP contribution in [0.25, 0.3) is 0 Å². The SMILES string of the molecule is NC(=O)C(C(=O)C(=O)O)C(O)(CC(=O)O)C(N)=O. The van der Waals surface area contributed by atoms with Gasteiger partial charge < -0.3 is 26.8 Å². The van der Waals surface area contributed by atoms with Crippen LogP contribution in [0.15, 0.2) is 0 Å². The van der Waals surface area contributed by atoms with E-state index in [2.05, 4.69) is 0 Å². The smallest absolute Gasteiger partial charge is 0.373 e. The fourth-order valence-electron chi connectivity index (χ4n) is 1.27. The van der Waals surface area contributed by atoms with Gasteiger partial charge in [0.05, 0.1) is 6.42 Å². The van der Waals surface area contributed by atoms with Gasteiger partial charge in [0.15, 0.2) is 5.60 Å². The highest BCUT2D eigenvalue weighted by Crippen LogP contribution is 2.23. The van der Waals surface area contributed by atoms with Crippen LogP contribution in [0, 0.1) is 5.92 Å². The second-order valence-electron chi connectivity index (χ2n) is 3.36. The van der Waals surface area contributed by atoms with Crippen LogP contribution in [0.5, 0.6) is 0 Å². The van der Waals surface area contributed by atoms with E-state index in [0.717, 1.165) is 0 Å². The lowest BCUT2D eigenvalue weighted by molar-refractivity contribution is -0.167. The molecule has 0 aliphatic heterocycles. The van der Waals surface area contributed by atoms with Gasteiger partial charge in [-0.15, -0.1) is 0 Å². The first kappa shape index (κ1) is 15.5. The molecule has 0 aromatic heterocycles. The van der Waals surface area contributed by atoms with Crippen molar-refractivity contribution >= 4 is 29.5 Å². The summed E-state index contributed by atoms with van der Waals surface area (Å²) in [6.45, 7) is 0. The number of Topliss-reactive ketones (excluding diaryl/α,β-unsaturated/α-hetero) is 1. The minimum atomic E-state index is -3.20. The topological polar surface area (TPSA) is 198 Å². The summed E-state index contributed by atoms with van der Waals surface area (Å²) in [6.07, 6.45) is -1.44. The number of primary amides is 2. The molecule has 0 aromatic carbocycles. The Hall–Kier alpha value is -2.49. The maximum atomic E-state index is 11.2. The van der Waals surface area contributed by atoms with Gasteiger partial charge in [0.25, 0.3) is 11.7 Å². The van der Waals surface area contributed by atoms with Crippen LogP contribution >= 0.6 is 0 Å². The predicted molar refractivity (Wildman–Crippen MR) is 51.7 cm³/mol. The number of aliphatic carboxylic acids is 2. The molecule has 18 heavy (non-hydrogen) atoms. The number of amides is 2. The Morgan fingerprint density at radius 2 is 1.50 bits per heavy atom. The molecule has 0 aliphatic carbocycles. The lowest BCUT2D eigenvalue weighted by Gasteiger charge is -2.27. The van der Waals surface area contributed by atoms with Crippen LogP contribution in [0.3, 0.4) is 0 Å². The molecule has 10 heteroatoms. The lowest BCUT2D eigenvalue weighted by Crippen LogP contribution is -2.59. The number of carboxylic acids is 2. The second kappa shape index (κ2) is 5.23. The molecule has 0 radical (unpaired) electrons. The van der Waals surface area contributed by atoms with Crippen molar-refractivity contribution in [3.05, 3.63) is 0 Å². The van der Waals surface area contributed by atoms with Crippen LogP contribution < -0.4 is 11.5 Å². The molecule has 100 valence electrons. The molecule has 0 heterocycles. The molecule has 0 saturated heterocycles. The van der Waals surface area contributed by atoms with Gasteiger partial charge >= 0.3 is 11.9 Å². The van der Waals surface area contributed by atoms with Crippen LogP contribution in [0.1, 0.15) is 6.42 Å². The first-order chi connectivity index (χ1) is 8.04. The summed E-state index contributed by atoms with van der Waals surface area (Å²) in [5, 5.41) is 26.6. The van der Waals surface area contributed by atoms with Crippen molar-refractivity contribution in [3.63, 3.8) is 0 Å². The molecule has 0 saturated carbocycles. The van der Waals surface area contributed by atoms with Crippen LogP contribution in [-0.4, -0.2) is 50.5 Å². The third-order valence-corrected chi connectivity index (χ3v) is 2.08. The third-order valence-electron chi connectivity index (χ3n) is 2.08. The predicted octanol–water partition coefficient (Wildman–Crippen LogP) is -3.57. The zero-order chi connectivity index (χ0) is 14.7. The van der Waals surface area contributed by atoms with Crippen molar-refractivity contribution in [3.8, 4) is 0 Å². The summed E-state index contributed by atoms with van der Waals surface area (Å²) >= 11 is 0. The summed E-state index contributed by atoms with van der Waals surface area (Å²) in [6, 6.07) is 0. The summed E-state index contributed by atoms with van der Waals surface area (Å²) in [4.78, 5) is 54.0. The fourth-order valence-corrected chi connectivity index (χ4v) is 1.27. The average molecular weight is 262 g/mol. The zero-order valence-electron chi connectivity index (χ0n) is 8.82. The highest BCUT2D eigenvalue weighted by Gasteiger charge is 2.53. The quantitative estimate of drug-likeness (QED) is 0.229. The number of carboxylic acid groups (broad SMARTS) is 2. The molecule has 0 rings (SSSR count). The van der Waals surface area contributed by atoms with E-state index in [0.29, 0.717) is 0 Å². The Labute approximate surface area is 99.2 Å². The molecule has 0 bridgehead atoms. The summed E-state index contributed by atoms with van der Waals surface area (Å²) < 4.78 is 0. The summed E-state index contributed by atoms with van der Waals surface area (Å²) in [5.41, 5.74) is 6.18. The van der Waals surface area contributed by atoms with Crippen LogP contribution in [0.4, 0.5) is 0 Å². The number of carbonyl (C=O) groups excluding carboxylic acids is 3.